The minimum Gasteiger partial charge on any atom is -0.484 e. The van der Waals surface area contributed by atoms with Crippen LogP contribution in [0.1, 0.15) is 53.0 Å². The van der Waals surface area contributed by atoms with Gasteiger partial charge in [0.1, 0.15) is 5.75 Å². The lowest BCUT2D eigenvalue weighted by atomic mass is 9.91. The number of rotatable bonds is 5. The maximum atomic E-state index is 11.7. The smallest absolute Gasteiger partial charge is 0.277 e. The highest BCUT2D eigenvalue weighted by Gasteiger charge is 2.14. The standard InChI is InChI=1S/C17H26N2O2/c1-12(2)14-7-9-15(10-8-14)21-11-16(20)19-18-13(3)17(4,5)6/h7-10,12H,11H2,1-6H3,(H,19,20)/b18-13+. The first-order chi connectivity index (χ1) is 9.70. The molecule has 1 amide bonds. The van der Waals surface area contributed by atoms with E-state index in [2.05, 4.69) is 24.4 Å². The van der Waals surface area contributed by atoms with E-state index in [-0.39, 0.29) is 17.9 Å². The highest BCUT2D eigenvalue weighted by Crippen LogP contribution is 2.18. The average Bonchev–Trinajstić information content (AvgIpc) is 2.41. The second-order valence-corrected chi connectivity index (χ2v) is 6.49. The van der Waals surface area contributed by atoms with Gasteiger partial charge in [-0.05, 0) is 30.5 Å². The molecule has 0 heterocycles. The topological polar surface area (TPSA) is 50.7 Å². The Balaban J connectivity index is 2.46. The van der Waals surface area contributed by atoms with Crippen molar-refractivity contribution < 1.29 is 9.53 Å². The van der Waals surface area contributed by atoms with Crippen molar-refractivity contribution in [3.8, 4) is 5.75 Å². The Morgan fingerprint density at radius 3 is 2.29 bits per heavy atom. The molecule has 1 aromatic carbocycles. The number of hydrogen-bond acceptors (Lipinski definition) is 3. The highest BCUT2D eigenvalue weighted by atomic mass is 16.5. The molecule has 4 nitrogen and oxygen atoms in total. The van der Waals surface area contributed by atoms with Crippen LogP contribution in [0.5, 0.6) is 5.75 Å². The van der Waals surface area contributed by atoms with E-state index in [1.165, 1.54) is 5.56 Å². The molecule has 0 fully saturated rings. The zero-order valence-electron chi connectivity index (χ0n) is 13.9. The van der Waals surface area contributed by atoms with Gasteiger partial charge in [0.05, 0.1) is 0 Å². The minimum absolute atomic E-state index is 0.0397. The maximum Gasteiger partial charge on any atom is 0.277 e. The third-order valence-electron chi connectivity index (χ3n) is 3.35. The van der Waals surface area contributed by atoms with Crippen LogP contribution >= 0.6 is 0 Å². The Morgan fingerprint density at radius 2 is 1.81 bits per heavy atom. The molecule has 1 rings (SSSR count). The van der Waals surface area contributed by atoms with Gasteiger partial charge in [-0.25, -0.2) is 5.43 Å². The molecule has 0 aliphatic carbocycles. The predicted molar refractivity (Wildman–Crippen MR) is 86.7 cm³/mol. The van der Waals surface area contributed by atoms with E-state index >= 15 is 0 Å². The number of carbonyl (C=O) groups is 1. The maximum absolute atomic E-state index is 11.7. The van der Waals surface area contributed by atoms with Gasteiger partial charge in [-0.3, -0.25) is 4.79 Å². The summed E-state index contributed by atoms with van der Waals surface area (Å²) in [6.45, 7) is 12.3. The van der Waals surface area contributed by atoms with Crippen LogP contribution in [0.15, 0.2) is 29.4 Å². The van der Waals surface area contributed by atoms with Crippen molar-refractivity contribution in [2.24, 2.45) is 10.5 Å². The van der Waals surface area contributed by atoms with Gasteiger partial charge in [0, 0.05) is 11.1 Å². The number of benzene rings is 1. The van der Waals surface area contributed by atoms with E-state index in [0.717, 1.165) is 5.71 Å². The minimum atomic E-state index is -0.258. The molecular formula is C17H26N2O2. The van der Waals surface area contributed by atoms with Crippen molar-refractivity contribution in [1.29, 1.82) is 0 Å². The van der Waals surface area contributed by atoms with Gasteiger partial charge in [-0.2, -0.15) is 5.10 Å². The molecule has 1 N–H and O–H groups in total. The van der Waals surface area contributed by atoms with Gasteiger partial charge in [-0.15, -0.1) is 0 Å². The first kappa shape index (κ1) is 17.2. The van der Waals surface area contributed by atoms with Gasteiger partial charge in [0.15, 0.2) is 6.61 Å². The summed E-state index contributed by atoms with van der Waals surface area (Å²) >= 11 is 0. The molecule has 0 radical (unpaired) electrons. The molecular weight excluding hydrogens is 264 g/mol. The number of nitrogens with zero attached hydrogens (tertiary/aromatic N) is 1. The van der Waals surface area contributed by atoms with Crippen molar-refractivity contribution in [2.45, 2.75) is 47.5 Å². The monoisotopic (exact) mass is 290 g/mol. The zero-order valence-corrected chi connectivity index (χ0v) is 13.9. The van der Waals surface area contributed by atoms with Crippen LogP contribution in [0.3, 0.4) is 0 Å². The van der Waals surface area contributed by atoms with Crippen LogP contribution in [-0.4, -0.2) is 18.2 Å². The quantitative estimate of drug-likeness (QED) is 0.663. The Hall–Kier alpha value is -1.84. The number of amides is 1. The number of carbonyl (C=O) groups excluding carboxylic acids is 1. The fraction of sp³-hybridized carbons (Fsp3) is 0.529. The number of nitrogens with one attached hydrogen (secondary N) is 1. The van der Waals surface area contributed by atoms with Crippen LogP contribution in [0.25, 0.3) is 0 Å². The molecule has 4 heteroatoms. The Labute approximate surface area is 127 Å². The molecule has 0 saturated heterocycles. The summed E-state index contributed by atoms with van der Waals surface area (Å²) in [5, 5.41) is 4.08. The van der Waals surface area contributed by atoms with Crippen molar-refractivity contribution >= 4 is 11.6 Å². The van der Waals surface area contributed by atoms with Crippen molar-refractivity contribution in [1.82, 2.24) is 5.43 Å². The fourth-order valence-electron chi connectivity index (χ4n) is 1.44. The SMILES string of the molecule is C/C(=N\NC(=O)COc1ccc(C(C)C)cc1)C(C)(C)C. The molecule has 0 saturated carbocycles. The molecule has 0 atom stereocenters. The molecule has 21 heavy (non-hydrogen) atoms. The van der Waals surface area contributed by atoms with Crippen molar-refractivity contribution in [3.05, 3.63) is 29.8 Å². The van der Waals surface area contributed by atoms with Gasteiger partial charge < -0.3 is 4.74 Å². The van der Waals surface area contributed by atoms with Crippen LogP contribution in [0, 0.1) is 5.41 Å². The van der Waals surface area contributed by atoms with E-state index in [1.54, 1.807) is 0 Å². The average molecular weight is 290 g/mol. The molecule has 0 bridgehead atoms. The Kier molecular flexibility index (Phi) is 5.94. The van der Waals surface area contributed by atoms with Gasteiger partial charge in [0.25, 0.3) is 5.91 Å². The van der Waals surface area contributed by atoms with Crippen LogP contribution in [0.2, 0.25) is 0 Å². The fourth-order valence-corrected chi connectivity index (χ4v) is 1.44. The second-order valence-electron chi connectivity index (χ2n) is 6.49. The summed E-state index contributed by atoms with van der Waals surface area (Å²) in [7, 11) is 0. The van der Waals surface area contributed by atoms with Crippen LogP contribution < -0.4 is 10.2 Å². The van der Waals surface area contributed by atoms with E-state index in [0.29, 0.717) is 11.7 Å². The summed E-state index contributed by atoms with van der Waals surface area (Å²) in [5.74, 6) is 0.912. The summed E-state index contributed by atoms with van der Waals surface area (Å²) in [6.07, 6.45) is 0. The number of hydrogen-bond donors (Lipinski definition) is 1. The van der Waals surface area contributed by atoms with E-state index in [4.69, 9.17) is 4.74 Å². The van der Waals surface area contributed by atoms with E-state index in [1.807, 2.05) is 52.0 Å². The van der Waals surface area contributed by atoms with E-state index in [9.17, 15) is 4.79 Å². The molecule has 1 aromatic rings. The van der Waals surface area contributed by atoms with Gasteiger partial charge >= 0.3 is 0 Å². The largest absolute Gasteiger partial charge is 0.484 e. The van der Waals surface area contributed by atoms with Crippen molar-refractivity contribution in [2.75, 3.05) is 6.61 Å². The normalized spacial score (nSPS) is 12.4. The van der Waals surface area contributed by atoms with Crippen molar-refractivity contribution in [3.63, 3.8) is 0 Å². The van der Waals surface area contributed by atoms with Crippen LogP contribution in [0.4, 0.5) is 0 Å². The third kappa shape index (κ3) is 5.98. The number of hydrazone groups is 1. The lowest BCUT2D eigenvalue weighted by molar-refractivity contribution is -0.123. The lowest BCUT2D eigenvalue weighted by Gasteiger charge is -2.17. The predicted octanol–water partition coefficient (Wildman–Crippen LogP) is 3.73. The third-order valence-corrected chi connectivity index (χ3v) is 3.35. The first-order valence-electron chi connectivity index (χ1n) is 7.26. The Morgan fingerprint density at radius 1 is 1.24 bits per heavy atom. The van der Waals surface area contributed by atoms with Crippen LogP contribution in [-0.2, 0) is 4.79 Å². The zero-order chi connectivity index (χ0) is 16.0. The summed E-state index contributed by atoms with van der Waals surface area (Å²) in [4.78, 5) is 11.7. The van der Waals surface area contributed by atoms with E-state index < -0.39 is 0 Å². The molecule has 0 aromatic heterocycles. The number of ether oxygens (including phenoxy) is 1. The highest BCUT2D eigenvalue weighted by molar-refractivity contribution is 5.88. The summed E-state index contributed by atoms with van der Waals surface area (Å²) in [5.41, 5.74) is 4.58. The molecule has 0 unspecified atom stereocenters. The lowest BCUT2D eigenvalue weighted by Crippen LogP contribution is -2.28. The molecule has 0 spiro atoms. The summed E-state index contributed by atoms with van der Waals surface area (Å²) < 4.78 is 5.44. The second kappa shape index (κ2) is 7.25. The molecule has 0 aliphatic rings. The first-order valence-corrected chi connectivity index (χ1v) is 7.26. The summed E-state index contributed by atoms with van der Waals surface area (Å²) in [6, 6.07) is 7.79. The molecule has 116 valence electrons. The molecule has 0 aliphatic heterocycles. The van der Waals surface area contributed by atoms with Gasteiger partial charge in [-0.1, -0.05) is 46.8 Å². The Bertz CT molecular complexity index is 497. The van der Waals surface area contributed by atoms with Gasteiger partial charge in [0.2, 0.25) is 0 Å².